The summed E-state index contributed by atoms with van der Waals surface area (Å²) in [4.78, 5) is 15.8. The van der Waals surface area contributed by atoms with Gasteiger partial charge < -0.3 is 5.73 Å². The topological polar surface area (TPSA) is 97.6 Å². The van der Waals surface area contributed by atoms with Crippen molar-refractivity contribution in [2.45, 2.75) is 6.92 Å². The molecular weight excluding hydrogens is 218 g/mol. The standard InChI is InChI=1S/C11H9N5O/c1-7-4-10(13)16(15-7)11(17)8-2-3-14-9(5-8)6-12/h2-5H,13H2,1H3. The van der Waals surface area contributed by atoms with E-state index in [2.05, 4.69) is 10.1 Å². The lowest BCUT2D eigenvalue weighted by Crippen LogP contribution is -2.16. The molecule has 2 aromatic rings. The molecule has 0 aliphatic carbocycles. The molecule has 0 atom stereocenters. The fourth-order valence-corrected chi connectivity index (χ4v) is 1.43. The Morgan fingerprint density at radius 2 is 2.29 bits per heavy atom. The average Bonchev–Trinajstić information content (AvgIpc) is 2.67. The molecule has 0 unspecified atom stereocenters. The number of aryl methyl sites for hydroxylation is 1. The molecule has 6 heteroatoms. The van der Waals surface area contributed by atoms with Crippen LogP contribution < -0.4 is 5.73 Å². The summed E-state index contributed by atoms with van der Waals surface area (Å²) in [6.07, 6.45) is 1.40. The molecule has 2 N–H and O–H groups in total. The van der Waals surface area contributed by atoms with Gasteiger partial charge >= 0.3 is 0 Å². The van der Waals surface area contributed by atoms with Gasteiger partial charge in [-0.15, -0.1) is 0 Å². The third kappa shape index (κ3) is 1.99. The minimum atomic E-state index is -0.380. The quantitative estimate of drug-likeness (QED) is 0.774. The zero-order valence-corrected chi connectivity index (χ0v) is 9.08. The van der Waals surface area contributed by atoms with Crippen molar-refractivity contribution in [2.24, 2.45) is 0 Å². The number of hydrogen-bond acceptors (Lipinski definition) is 5. The fraction of sp³-hybridized carbons (Fsp3) is 0.0909. The predicted molar refractivity (Wildman–Crippen MR) is 60.1 cm³/mol. The van der Waals surface area contributed by atoms with Crippen LogP contribution in [0.2, 0.25) is 0 Å². The first kappa shape index (κ1) is 10.8. The van der Waals surface area contributed by atoms with E-state index in [9.17, 15) is 4.79 Å². The van der Waals surface area contributed by atoms with Crippen molar-refractivity contribution >= 4 is 11.7 Å². The summed E-state index contributed by atoms with van der Waals surface area (Å²) >= 11 is 0. The lowest BCUT2D eigenvalue weighted by molar-refractivity contribution is 0.0947. The molecule has 0 amide bonds. The maximum Gasteiger partial charge on any atom is 0.280 e. The molecule has 0 saturated heterocycles. The van der Waals surface area contributed by atoms with E-state index in [1.165, 1.54) is 18.3 Å². The van der Waals surface area contributed by atoms with Crippen LogP contribution in [0.3, 0.4) is 0 Å². The van der Waals surface area contributed by atoms with E-state index in [1.807, 2.05) is 6.07 Å². The average molecular weight is 227 g/mol. The van der Waals surface area contributed by atoms with E-state index in [-0.39, 0.29) is 17.4 Å². The molecule has 2 heterocycles. The zero-order chi connectivity index (χ0) is 12.4. The molecule has 2 rings (SSSR count). The van der Waals surface area contributed by atoms with Crippen molar-refractivity contribution in [1.82, 2.24) is 14.8 Å². The van der Waals surface area contributed by atoms with Crippen molar-refractivity contribution in [3.8, 4) is 6.07 Å². The molecule has 0 radical (unpaired) electrons. The molecular formula is C11H9N5O. The van der Waals surface area contributed by atoms with Crippen LogP contribution in [0.4, 0.5) is 5.82 Å². The van der Waals surface area contributed by atoms with Gasteiger partial charge in [0.05, 0.1) is 5.69 Å². The van der Waals surface area contributed by atoms with Gasteiger partial charge in [0.2, 0.25) is 0 Å². The molecule has 0 aromatic carbocycles. The van der Waals surface area contributed by atoms with Gasteiger partial charge in [-0.05, 0) is 19.1 Å². The van der Waals surface area contributed by atoms with E-state index in [0.29, 0.717) is 11.3 Å². The molecule has 6 nitrogen and oxygen atoms in total. The number of nitrogen functional groups attached to an aromatic ring is 1. The first-order chi connectivity index (χ1) is 8.11. The van der Waals surface area contributed by atoms with Gasteiger partial charge in [0, 0.05) is 17.8 Å². The zero-order valence-electron chi connectivity index (χ0n) is 9.08. The number of pyridine rings is 1. The van der Waals surface area contributed by atoms with Gasteiger partial charge in [0.25, 0.3) is 5.91 Å². The Kier molecular flexibility index (Phi) is 2.58. The van der Waals surface area contributed by atoms with E-state index in [1.54, 1.807) is 13.0 Å². The number of nitrogens with zero attached hydrogens (tertiary/aromatic N) is 4. The number of rotatable bonds is 1. The summed E-state index contributed by atoms with van der Waals surface area (Å²) in [5.74, 6) is -0.114. The molecule has 2 aromatic heterocycles. The van der Waals surface area contributed by atoms with Crippen molar-refractivity contribution in [3.63, 3.8) is 0 Å². The molecule has 0 spiro atoms. The summed E-state index contributed by atoms with van der Waals surface area (Å²) in [6.45, 7) is 1.74. The van der Waals surface area contributed by atoms with Gasteiger partial charge in [-0.2, -0.15) is 15.0 Å². The number of hydrogen-bond donors (Lipinski definition) is 1. The maximum atomic E-state index is 12.0. The highest BCUT2D eigenvalue weighted by atomic mass is 16.2. The smallest absolute Gasteiger partial charge is 0.280 e. The Balaban J connectivity index is 2.44. The lowest BCUT2D eigenvalue weighted by Gasteiger charge is -2.02. The lowest BCUT2D eigenvalue weighted by atomic mass is 10.2. The number of nitriles is 1. The highest BCUT2D eigenvalue weighted by Gasteiger charge is 2.13. The number of carbonyl (C=O) groups excluding carboxylic acids is 1. The second kappa shape index (κ2) is 4.06. The summed E-state index contributed by atoms with van der Waals surface area (Å²) in [7, 11) is 0. The van der Waals surface area contributed by atoms with Crippen LogP contribution in [-0.4, -0.2) is 20.7 Å². The molecule has 0 saturated carbocycles. The monoisotopic (exact) mass is 227 g/mol. The summed E-state index contributed by atoms with van der Waals surface area (Å²) in [5.41, 5.74) is 6.81. The maximum absolute atomic E-state index is 12.0. The summed E-state index contributed by atoms with van der Waals surface area (Å²) in [6, 6.07) is 6.39. The molecule has 17 heavy (non-hydrogen) atoms. The molecule has 0 fully saturated rings. The van der Waals surface area contributed by atoms with Gasteiger partial charge in [-0.1, -0.05) is 0 Å². The van der Waals surface area contributed by atoms with Gasteiger partial charge in [0.15, 0.2) is 0 Å². The molecule has 0 bridgehead atoms. The van der Waals surface area contributed by atoms with E-state index >= 15 is 0 Å². The van der Waals surface area contributed by atoms with E-state index in [0.717, 1.165) is 4.68 Å². The predicted octanol–water partition coefficient (Wildman–Crippen LogP) is 0.729. The Morgan fingerprint density at radius 1 is 1.53 bits per heavy atom. The Labute approximate surface area is 97.3 Å². The van der Waals surface area contributed by atoms with Crippen LogP contribution in [0.1, 0.15) is 21.7 Å². The molecule has 0 aliphatic heterocycles. The second-order valence-corrected chi connectivity index (χ2v) is 3.47. The number of carbonyl (C=O) groups is 1. The van der Waals surface area contributed by atoms with E-state index in [4.69, 9.17) is 11.0 Å². The largest absolute Gasteiger partial charge is 0.383 e. The minimum Gasteiger partial charge on any atom is -0.383 e. The molecule has 0 aliphatic rings. The minimum absolute atomic E-state index is 0.179. The first-order valence-corrected chi connectivity index (χ1v) is 4.85. The van der Waals surface area contributed by atoms with E-state index < -0.39 is 0 Å². The van der Waals surface area contributed by atoms with Gasteiger partial charge in [-0.25, -0.2) is 4.98 Å². The first-order valence-electron chi connectivity index (χ1n) is 4.85. The van der Waals surface area contributed by atoms with Crippen LogP contribution in [0, 0.1) is 18.3 Å². The van der Waals surface area contributed by atoms with Crippen molar-refractivity contribution in [3.05, 3.63) is 41.3 Å². The number of nitrogens with two attached hydrogens (primary N) is 1. The van der Waals surface area contributed by atoms with Crippen molar-refractivity contribution in [1.29, 1.82) is 5.26 Å². The summed E-state index contributed by atoms with van der Waals surface area (Å²) in [5, 5.41) is 12.7. The van der Waals surface area contributed by atoms with Crippen LogP contribution in [0.25, 0.3) is 0 Å². The Morgan fingerprint density at radius 3 is 2.88 bits per heavy atom. The number of anilines is 1. The van der Waals surface area contributed by atoms with Crippen molar-refractivity contribution < 1.29 is 4.79 Å². The fourth-order valence-electron chi connectivity index (χ4n) is 1.43. The normalized spacial score (nSPS) is 9.88. The van der Waals surface area contributed by atoms with Crippen LogP contribution in [0.5, 0.6) is 0 Å². The SMILES string of the molecule is Cc1cc(N)n(C(=O)c2ccnc(C#N)c2)n1. The second-order valence-electron chi connectivity index (χ2n) is 3.47. The molecule has 84 valence electrons. The van der Waals surface area contributed by atoms with Crippen LogP contribution in [-0.2, 0) is 0 Å². The van der Waals surface area contributed by atoms with Crippen LogP contribution in [0.15, 0.2) is 24.4 Å². The Hall–Kier alpha value is -2.68. The third-order valence-corrected chi connectivity index (χ3v) is 2.17. The Bertz CT molecular complexity index is 623. The highest BCUT2D eigenvalue weighted by molar-refractivity contribution is 5.97. The van der Waals surface area contributed by atoms with Gasteiger partial charge in [-0.3, -0.25) is 4.79 Å². The summed E-state index contributed by atoms with van der Waals surface area (Å²) < 4.78 is 1.10. The van der Waals surface area contributed by atoms with Crippen molar-refractivity contribution in [2.75, 3.05) is 5.73 Å². The van der Waals surface area contributed by atoms with Crippen LogP contribution >= 0.6 is 0 Å². The highest BCUT2D eigenvalue weighted by Crippen LogP contribution is 2.10. The van der Waals surface area contributed by atoms with Gasteiger partial charge in [0.1, 0.15) is 17.6 Å². The number of aromatic nitrogens is 3. The third-order valence-electron chi connectivity index (χ3n) is 2.17.